The summed E-state index contributed by atoms with van der Waals surface area (Å²) in [4.78, 5) is 72.2. The molecule has 1 aliphatic heterocycles. The van der Waals surface area contributed by atoms with Crippen molar-refractivity contribution in [3.8, 4) is 0 Å². The van der Waals surface area contributed by atoms with Crippen molar-refractivity contribution < 1.29 is 39.0 Å². The molecule has 0 aliphatic carbocycles. The maximum absolute atomic E-state index is 13.1. The molecule has 4 unspecified atom stereocenters. The summed E-state index contributed by atoms with van der Waals surface area (Å²) in [7, 11) is 0. The third-order valence-electron chi connectivity index (χ3n) is 4.94. The number of carbonyl (C=O) groups is 6. The van der Waals surface area contributed by atoms with E-state index in [1.807, 2.05) is 0 Å². The van der Waals surface area contributed by atoms with Crippen molar-refractivity contribution in [1.29, 1.82) is 0 Å². The number of hydrogen-bond donors (Lipinski definition) is 7. The lowest BCUT2D eigenvalue weighted by Crippen LogP contribution is -2.57. The minimum absolute atomic E-state index is 0.146. The third-order valence-corrected chi connectivity index (χ3v) is 5.30. The molecule has 0 aromatic rings. The summed E-state index contributed by atoms with van der Waals surface area (Å²) in [6.45, 7) is 0.184. The molecular weight excluding hydrogens is 446 g/mol. The minimum atomic E-state index is -1.27. The van der Waals surface area contributed by atoms with Gasteiger partial charge in [0.2, 0.25) is 23.6 Å². The number of hydrogen-bond acceptors (Lipinski definition) is 8. The highest BCUT2D eigenvalue weighted by Gasteiger charge is 2.39. The predicted molar refractivity (Wildman–Crippen MR) is 113 cm³/mol. The van der Waals surface area contributed by atoms with Crippen molar-refractivity contribution in [2.24, 2.45) is 11.5 Å². The van der Waals surface area contributed by atoms with Crippen molar-refractivity contribution in [3.63, 3.8) is 0 Å². The van der Waals surface area contributed by atoms with Crippen LogP contribution >= 0.6 is 12.6 Å². The molecule has 4 amide bonds. The number of carbonyl (C=O) groups excluding carboxylic acids is 4. The first-order chi connectivity index (χ1) is 15.0. The Bertz CT molecular complexity index is 749. The molecule has 4 atom stereocenters. The first-order valence-electron chi connectivity index (χ1n) is 9.98. The molecule has 8 N–H and O–H groups in total. The summed E-state index contributed by atoms with van der Waals surface area (Å²) in [5.41, 5.74) is 10.8. The standard InChI is InChI=1S/C18H29N5O8S/c19-9(3-6-14(25)26)15(27)21-10(4-5-13(20)24)17(29)23-7-1-2-12(23)16(28)22-11(8-32)18(30)31/h9-12,32H,1-8,19H2,(H2,20,24)(H,21,27)(H,22,28)(H,25,26)(H,30,31). The number of primary amides is 1. The van der Waals surface area contributed by atoms with E-state index in [2.05, 4.69) is 23.3 Å². The van der Waals surface area contributed by atoms with Gasteiger partial charge in [-0.25, -0.2) is 4.79 Å². The van der Waals surface area contributed by atoms with Gasteiger partial charge in [0.05, 0.1) is 6.04 Å². The number of amides is 4. The van der Waals surface area contributed by atoms with E-state index in [1.165, 1.54) is 4.90 Å². The van der Waals surface area contributed by atoms with Gasteiger partial charge in [-0.1, -0.05) is 0 Å². The van der Waals surface area contributed by atoms with E-state index in [0.29, 0.717) is 6.42 Å². The van der Waals surface area contributed by atoms with Crippen LogP contribution in [0.15, 0.2) is 0 Å². The van der Waals surface area contributed by atoms with Gasteiger partial charge in [-0.15, -0.1) is 0 Å². The molecule has 13 nitrogen and oxygen atoms in total. The summed E-state index contributed by atoms with van der Waals surface area (Å²) in [5.74, 6) is -5.37. The van der Waals surface area contributed by atoms with Gasteiger partial charge in [0, 0.05) is 25.1 Å². The van der Waals surface area contributed by atoms with Gasteiger partial charge in [-0.2, -0.15) is 12.6 Å². The second kappa shape index (κ2) is 12.9. The summed E-state index contributed by atoms with van der Waals surface area (Å²) in [6.07, 6.45) is -0.134. The van der Waals surface area contributed by atoms with Crippen LogP contribution in [-0.2, 0) is 28.8 Å². The van der Waals surface area contributed by atoms with E-state index in [9.17, 15) is 28.8 Å². The topological polar surface area (TPSA) is 222 Å². The van der Waals surface area contributed by atoms with Crippen LogP contribution in [0.25, 0.3) is 0 Å². The van der Waals surface area contributed by atoms with Crippen molar-refractivity contribution >= 4 is 48.2 Å². The van der Waals surface area contributed by atoms with Crippen LogP contribution < -0.4 is 22.1 Å². The number of thiol groups is 1. The molecule has 0 aromatic heterocycles. The Balaban J connectivity index is 2.93. The van der Waals surface area contributed by atoms with Gasteiger partial charge in [0.15, 0.2) is 0 Å². The van der Waals surface area contributed by atoms with Crippen LogP contribution in [0, 0.1) is 0 Å². The highest BCUT2D eigenvalue weighted by molar-refractivity contribution is 7.80. The van der Waals surface area contributed by atoms with Gasteiger partial charge in [0.1, 0.15) is 18.1 Å². The Kier molecular flexibility index (Phi) is 10.9. The second-order valence-corrected chi connectivity index (χ2v) is 7.74. The van der Waals surface area contributed by atoms with Crippen LogP contribution in [0.5, 0.6) is 0 Å². The molecule has 0 aromatic carbocycles. The van der Waals surface area contributed by atoms with Crippen LogP contribution in [0.3, 0.4) is 0 Å². The monoisotopic (exact) mass is 475 g/mol. The zero-order chi connectivity index (χ0) is 24.4. The van der Waals surface area contributed by atoms with Crippen LogP contribution in [-0.4, -0.2) is 87.1 Å². The van der Waals surface area contributed by atoms with Gasteiger partial charge in [-0.05, 0) is 25.7 Å². The van der Waals surface area contributed by atoms with Gasteiger partial charge < -0.3 is 37.2 Å². The number of rotatable bonds is 13. The zero-order valence-corrected chi connectivity index (χ0v) is 18.3. The van der Waals surface area contributed by atoms with Gasteiger partial charge in [0.25, 0.3) is 0 Å². The molecule has 0 saturated carbocycles. The van der Waals surface area contributed by atoms with Gasteiger partial charge >= 0.3 is 11.9 Å². The fourth-order valence-corrected chi connectivity index (χ4v) is 3.44. The highest BCUT2D eigenvalue weighted by atomic mass is 32.1. The van der Waals surface area contributed by atoms with Crippen LogP contribution in [0.1, 0.15) is 38.5 Å². The maximum Gasteiger partial charge on any atom is 0.327 e. The molecule has 0 spiro atoms. The van der Waals surface area contributed by atoms with E-state index >= 15 is 0 Å². The van der Waals surface area contributed by atoms with Gasteiger partial charge in [-0.3, -0.25) is 24.0 Å². The molecule has 14 heteroatoms. The van der Waals surface area contributed by atoms with E-state index < -0.39 is 59.7 Å². The fraction of sp³-hybridized carbons (Fsp3) is 0.667. The Hall–Kier alpha value is -2.87. The SMILES string of the molecule is NC(=O)CCC(NC(=O)C(N)CCC(=O)O)C(=O)N1CCCC1C(=O)NC(CS)C(=O)O. The molecule has 1 fully saturated rings. The van der Waals surface area contributed by atoms with Crippen molar-refractivity contribution in [3.05, 3.63) is 0 Å². The maximum atomic E-state index is 13.1. The lowest BCUT2D eigenvalue weighted by Gasteiger charge is -2.29. The highest BCUT2D eigenvalue weighted by Crippen LogP contribution is 2.20. The third kappa shape index (κ3) is 8.34. The lowest BCUT2D eigenvalue weighted by atomic mass is 10.1. The Morgan fingerprint density at radius 1 is 1.03 bits per heavy atom. The van der Waals surface area contributed by atoms with E-state index in [-0.39, 0.29) is 44.4 Å². The first kappa shape index (κ1) is 27.2. The molecule has 1 rings (SSSR count). The molecule has 1 saturated heterocycles. The number of nitrogens with two attached hydrogens (primary N) is 2. The average molecular weight is 476 g/mol. The molecule has 0 bridgehead atoms. The first-order valence-corrected chi connectivity index (χ1v) is 10.6. The molecule has 32 heavy (non-hydrogen) atoms. The lowest BCUT2D eigenvalue weighted by molar-refractivity contribution is -0.144. The number of carboxylic acid groups (broad SMARTS) is 2. The Morgan fingerprint density at radius 2 is 1.69 bits per heavy atom. The molecule has 180 valence electrons. The number of likely N-dealkylation sites (tertiary alicyclic amines) is 1. The quantitative estimate of drug-likeness (QED) is 0.139. The summed E-state index contributed by atoms with van der Waals surface area (Å²) >= 11 is 3.89. The normalized spacial score (nSPS) is 18.3. The van der Waals surface area contributed by atoms with E-state index in [0.717, 1.165) is 0 Å². The second-order valence-electron chi connectivity index (χ2n) is 7.38. The number of carboxylic acids is 2. The van der Waals surface area contributed by atoms with Crippen LogP contribution in [0.4, 0.5) is 0 Å². The number of nitrogens with one attached hydrogen (secondary N) is 2. The molecule has 1 heterocycles. The summed E-state index contributed by atoms with van der Waals surface area (Å²) in [6, 6.07) is -4.61. The van der Waals surface area contributed by atoms with Crippen molar-refractivity contribution in [1.82, 2.24) is 15.5 Å². The predicted octanol–water partition coefficient (Wildman–Crippen LogP) is -2.58. The molecule has 0 radical (unpaired) electrons. The molecule has 1 aliphatic rings. The zero-order valence-electron chi connectivity index (χ0n) is 17.4. The average Bonchev–Trinajstić information content (AvgIpc) is 3.21. The summed E-state index contributed by atoms with van der Waals surface area (Å²) < 4.78 is 0. The number of aliphatic carboxylic acids is 2. The smallest absolute Gasteiger partial charge is 0.327 e. The van der Waals surface area contributed by atoms with Crippen molar-refractivity contribution in [2.75, 3.05) is 12.3 Å². The van der Waals surface area contributed by atoms with E-state index in [1.54, 1.807) is 0 Å². The van der Waals surface area contributed by atoms with Crippen molar-refractivity contribution in [2.45, 2.75) is 62.7 Å². The Labute approximate surface area is 189 Å². The summed E-state index contributed by atoms with van der Waals surface area (Å²) in [5, 5.41) is 22.5. The minimum Gasteiger partial charge on any atom is -0.481 e. The number of nitrogens with zero attached hydrogens (tertiary/aromatic N) is 1. The Morgan fingerprint density at radius 3 is 2.22 bits per heavy atom. The fourth-order valence-electron chi connectivity index (χ4n) is 3.19. The van der Waals surface area contributed by atoms with Crippen LogP contribution in [0.2, 0.25) is 0 Å². The largest absolute Gasteiger partial charge is 0.481 e. The van der Waals surface area contributed by atoms with E-state index in [4.69, 9.17) is 21.7 Å². The molecular formula is C18H29N5O8S.